The minimum atomic E-state index is 0.0154. The molecule has 0 spiro atoms. The first-order chi connectivity index (χ1) is 13.2. The van der Waals surface area contributed by atoms with Gasteiger partial charge in [-0.2, -0.15) is 0 Å². The summed E-state index contributed by atoms with van der Waals surface area (Å²) in [6, 6.07) is 13.4. The number of hydrogen-bond donors (Lipinski definition) is 2. The Bertz CT molecular complexity index is 805. The highest BCUT2D eigenvalue weighted by molar-refractivity contribution is 6.30. The lowest BCUT2D eigenvalue weighted by atomic mass is 10.2. The molecule has 1 fully saturated rings. The van der Waals surface area contributed by atoms with Gasteiger partial charge in [-0.05, 0) is 36.4 Å². The molecule has 0 aromatic heterocycles. The van der Waals surface area contributed by atoms with Crippen LogP contribution in [-0.4, -0.2) is 51.8 Å². The quantitative estimate of drug-likeness (QED) is 0.832. The molecule has 0 radical (unpaired) electrons. The Balaban J connectivity index is 1.27. The van der Waals surface area contributed by atoms with Gasteiger partial charge >= 0.3 is 0 Å². The van der Waals surface area contributed by atoms with Crippen LogP contribution in [0.25, 0.3) is 0 Å². The van der Waals surface area contributed by atoms with Crippen LogP contribution in [0, 0.1) is 0 Å². The molecule has 0 saturated carbocycles. The maximum atomic E-state index is 12.4. The van der Waals surface area contributed by atoms with Crippen molar-refractivity contribution >= 4 is 28.9 Å². The summed E-state index contributed by atoms with van der Waals surface area (Å²) >= 11 is 5.95. The largest absolute Gasteiger partial charge is 0.486 e. The highest BCUT2D eigenvalue weighted by Gasteiger charge is 2.22. The fourth-order valence-electron chi connectivity index (χ4n) is 3.46. The van der Waals surface area contributed by atoms with Gasteiger partial charge in [0.1, 0.15) is 13.2 Å². The van der Waals surface area contributed by atoms with Crippen molar-refractivity contribution in [3.05, 3.63) is 47.5 Å². The number of fused-ring (bicyclic) bond motifs is 1. The molecule has 2 aromatic carbocycles. The van der Waals surface area contributed by atoms with Gasteiger partial charge in [-0.3, -0.25) is 4.79 Å². The van der Waals surface area contributed by atoms with E-state index < -0.39 is 0 Å². The zero-order valence-electron chi connectivity index (χ0n) is 15.0. The molecular weight excluding hydrogens is 366 g/mol. The molecule has 0 aliphatic carbocycles. The summed E-state index contributed by atoms with van der Waals surface area (Å²) in [5.41, 5.74) is 1.92. The van der Waals surface area contributed by atoms with Gasteiger partial charge in [-0.15, -0.1) is 0 Å². The Morgan fingerprint density at radius 2 is 1.74 bits per heavy atom. The van der Waals surface area contributed by atoms with E-state index in [0.717, 1.165) is 42.6 Å². The zero-order chi connectivity index (χ0) is 18.6. The fraction of sp³-hybridized carbons (Fsp3) is 0.350. The average Bonchev–Trinajstić information content (AvgIpc) is 2.69. The second kappa shape index (κ2) is 8.06. The van der Waals surface area contributed by atoms with Crippen molar-refractivity contribution in [3.8, 4) is 11.5 Å². The molecule has 1 amide bonds. The molecular formula is C20H23ClN3O3+. The molecule has 2 N–H and O–H groups in total. The number of hydrogen-bond acceptors (Lipinski definition) is 4. The Hall–Kier alpha value is -2.44. The van der Waals surface area contributed by atoms with Crippen LogP contribution < -0.4 is 24.6 Å². The van der Waals surface area contributed by atoms with E-state index in [0.29, 0.717) is 25.5 Å². The minimum absolute atomic E-state index is 0.0154. The molecule has 2 aromatic rings. The first kappa shape index (κ1) is 17.9. The third-order valence-corrected chi connectivity index (χ3v) is 5.15. The van der Waals surface area contributed by atoms with Gasteiger partial charge < -0.3 is 24.6 Å². The summed E-state index contributed by atoms with van der Waals surface area (Å²) in [5.74, 6) is 1.42. The predicted molar refractivity (Wildman–Crippen MR) is 105 cm³/mol. The first-order valence-corrected chi connectivity index (χ1v) is 9.59. The monoisotopic (exact) mass is 388 g/mol. The smallest absolute Gasteiger partial charge is 0.279 e. The van der Waals surface area contributed by atoms with Gasteiger partial charge in [-0.25, -0.2) is 0 Å². The summed E-state index contributed by atoms with van der Waals surface area (Å²) in [7, 11) is 0. The lowest BCUT2D eigenvalue weighted by Gasteiger charge is -2.33. The number of benzene rings is 2. The molecule has 0 unspecified atom stereocenters. The number of nitrogens with one attached hydrogen (secondary N) is 2. The summed E-state index contributed by atoms with van der Waals surface area (Å²) in [6.45, 7) is 5.26. The summed E-state index contributed by atoms with van der Waals surface area (Å²) in [6.07, 6.45) is 0. The Labute approximate surface area is 163 Å². The third-order valence-electron chi connectivity index (χ3n) is 4.90. The van der Waals surface area contributed by atoms with E-state index in [1.54, 1.807) is 0 Å². The van der Waals surface area contributed by atoms with Crippen LogP contribution in [-0.2, 0) is 4.79 Å². The molecule has 0 atom stereocenters. The second-order valence-corrected chi connectivity index (χ2v) is 7.23. The van der Waals surface area contributed by atoms with E-state index in [-0.39, 0.29) is 5.91 Å². The number of halogens is 1. The van der Waals surface area contributed by atoms with Crippen molar-refractivity contribution in [1.29, 1.82) is 0 Å². The summed E-state index contributed by atoms with van der Waals surface area (Å²) in [5, 5.41) is 3.71. The predicted octanol–water partition coefficient (Wildman–Crippen LogP) is 1.45. The summed E-state index contributed by atoms with van der Waals surface area (Å²) < 4.78 is 11.1. The molecule has 4 rings (SSSR count). The number of rotatable bonds is 4. The molecule has 142 valence electrons. The average molecular weight is 389 g/mol. The van der Waals surface area contributed by atoms with Gasteiger partial charge in [0.05, 0.1) is 26.2 Å². The number of ether oxygens (including phenoxy) is 2. The SMILES string of the molecule is O=C(C[NH+]1CCN(c2ccc(Cl)cc2)CC1)Nc1ccc2c(c1)OCCO2. The van der Waals surface area contributed by atoms with Crippen LogP contribution in [0.15, 0.2) is 42.5 Å². The number of anilines is 2. The van der Waals surface area contributed by atoms with Crippen molar-refractivity contribution in [3.63, 3.8) is 0 Å². The Kier molecular flexibility index (Phi) is 5.36. The Morgan fingerprint density at radius 1 is 1.04 bits per heavy atom. The molecule has 1 saturated heterocycles. The molecule has 2 aliphatic rings. The van der Waals surface area contributed by atoms with Crippen molar-refractivity contribution in [2.24, 2.45) is 0 Å². The highest BCUT2D eigenvalue weighted by Crippen LogP contribution is 2.32. The molecule has 7 heteroatoms. The second-order valence-electron chi connectivity index (χ2n) is 6.80. The number of quaternary nitrogens is 1. The van der Waals surface area contributed by atoms with Gasteiger partial charge in [0.2, 0.25) is 0 Å². The lowest BCUT2D eigenvalue weighted by molar-refractivity contribution is -0.892. The minimum Gasteiger partial charge on any atom is -0.486 e. The maximum Gasteiger partial charge on any atom is 0.279 e. The van der Waals surface area contributed by atoms with E-state index in [9.17, 15) is 4.79 Å². The lowest BCUT2D eigenvalue weighted by Crippen LogP contribution is -3.15. The van der Waals surface area contributed by atoms with Crippen LogP contribution >= 0.6 is 11.6 Å². The fourth-order valence-corrected chi connectivity index (χ4v) is 3.59. The van der Waals surface area contributed by atoms with Gasteiger partial charge in [0, 0.05) is 22.5 Å². The van der Waals surface area contributed by atoms with Gasteiger partial charge in [0.15, 0.2) is 18.0 Å². The van der Waals surface area contributed by atoms with Gasteiger partial charge in [-0.1, -0.05) is 11.6 Å². The normalized spacial score (nSPS) is 16.9. The molecule has 27 heavy (non-hydrogen) atoms. The standard InChI is InChI=1S/C20H22ClN3O3/c21-15-1-4-17(5-2-15)24-9-7-23(8-10-24)14-20(25)22-16-3-6-18-19(13-16)27-12-11-26-18/h1-6,13H,7-12,14H2,(H,22,25)/p+1. The maximum absolute atomic E-state index is 12.4. The van der Waals surface area contributed by atoms with Crippen LogP contribution in [0.4, 0.5) is 11.4 Å². The van der Waals surface area contributed by atoms with Crippen LogP contribution in [0.5, 0.6) is 11.5 Å². The topological polar surface area (TPSA) is 55.2 Å². The van der Waals surface area contributed by atoms with E-state index >= 15 is 0 Å². The zero-order valence-corrected chi connectivity index (χ0v) is 15.8. The number of piperazine rings is 1. The van der Waals surface area contributed by atoms with Crippen LogP contribution in [0.3, 0.4) is 0 Å². The van der Waals surface area contributed by atoms with Crippen molar-refractivity contribution < 1.29 is 19.2 Å². The Morgan fingerprint density at radius 3 is 2.48 bits per heavy atom. The van der Waals surface area contributed by atoms with E-state index in [4.69, 9.17) is 21.1 Å². The highest BCUT2D eigenvalue weighted by atomic mass is 35.5. The molecule has 0 bridgehead atoms. The molecule has 2 aliphatic heterocycles. The summed E-state index contributed by atoms with van der Waals surface area (Å²) in [4.78, 5) is 16.0. The molecule has 6 nitrogen and oxygen atoms in total. The molecule has 2 heterocycles. The van der Waals surface area contributed by atoms with Crippen molar-refractivity contribution in [2.75, 3.05) is 56.2 Å². The third kappa shape index (κ3) is 4.46. The number of nitrogens with zero attached hydrogens (tertiary/aromatic N) is 1. The number of carbonyl (C=O) groups is 1. The van der Waals surface area contributed by atoms with Crippen LogP contribution in [0.2, 0.25) is 5.02 Å². The van der Waals surface area contributed by atoms with E-state index in [1.165, 1.54) is 10.6 Å². The number of amides is 1. The van der Waals surface area contributed by atoms with E-state index in [2.05, 4.69) is 10.2 Å². The van der Waals surface area contributed by atoms with Crippen LogP contribution in [0.1, 0.15) is 0 Å². The van der Waals surface area contributed by atoms with Crippen molar-refractivity contribution in [2.45, 2.75) is 0 Å². The van der Waals surface area contributed by atoms with Crippen molar-refractivity contribution in [1.82, 2.24) is 0 Å². The first-order valence-electron chi connectivity index (χ1n) is 9.21. The number of carbonyl (C=O) groups excluding carboxylic acids is 1. The van der Waals surface area contributed by atoms with E-state index in [1.807, 2.05) is 42.5 Å². The van der Waals surface area contributed by atoms with Gasteiger partial charge in [0.25, 0.3) is 5.91 Å².